The van der Waals surface area contributed by atoms with Crippen molar-refractivity contribution in [2.75, 3.05) is 13.7 Å². The van der Waals surface area contributed by atoms with E-state index in [1.54, 1.807) is 18.1 Å². The molecule has 1 atom stereocenters. The van der Waals surface area contributed by atoms with Crippen LogP contribution in [0, 0.1) is 5.82 Å². The average Bonchev–Trinajstić information content (AvgIpc) is 3.15. The van der Waals surface area contributed by atoms with E-state index in [2.05, 4.69) is 5.16 Å². The van der Waals surface area contributed by atoms with Gasteiger partial charge in [-0.2, -0.15) is 0 Å². The summed E-state index contributed by atoms with van der Waals surface area (Å²) in [5.41, 5.74) is 2.57. The van der Waals surface area contributed by atoms with E-state index in [-0.39, 0.29) is 17.8 Å². The minimum absolute atomic E-state index is 0.000702. The molecule has 6 heteroatoms. The Bertz CT molecular complexity index is 820. The minimum atomic E-state index is -0.307. The van der Waals surface area contributed by atoms with E-state index >= 15 is 0 Å². The van der Waals surface area contributed by atoms with Gasteiger partial charge in [-0.25, -0.2) is 4.39 Å². The fourth-order valence-corrected chi connectivity index (χ4v) is 3.06. The second kappa shape index (κ2) is 8.66. The number of halogens is 1. The summed E-state index contributed by atoms with van der Waals surface area (Å²) in [7, 11) is 1.62. The molecule has 2 aromatic rings. The molecule has 0 aromatic heterocycles. The number of nitrogens with zero attached hydrogens (tertiary/aromatic N) is 2. The highest BCUT2D eigenvalue weighted by Gasteiger charge is 2.26. The lowest BCUT2D eigenvalue weighted by Gasteiger charge is -2.24. The molecule has 1 aliphatic rings. The molecule has 0 aliphatic carbocycles. The second-order valence-electron chi connectivity index (χ2n) is 6.46. The Morgan fingerprint density at radius 1 is 1.30 bits per heavy atom. The number of oxime groups is 1. The highest BCUT2D eigenvalue weighted by Crippen LogP contribution is 2.21. The zero-order valence-corrected chi connectivity index (χ0v) is 15.5. The third-order valence-electron chi connectivity index (χ3n) is 4.50. The number of ether oxygens (including phenoxy) is 1. The molecule has 0 spiro atoms. The third-order valence-corrected chi connectivity index (χ3v) is 4.50. The van der Waals surface area contributed by atoms with Crippen LogP contribution in [-0.4, -0.2) is 36.3 Å². The molecule has 0 N–H and O–H groups in total. The van der Waals surface area contributed by atoms with Gasteiger partial charge < -0.3 is 14.5 Å². The van der Waals surface area contributed by atoms with E-state index < -0.39 is 0 Å². The number of amides is 1. The first-order valence-corrected chi connectivity index (χ1v) is 8.98. The second-order valence-corrected chi connectivity index (χ2v) is 6.46. The van der Waals surface area contributed by atoms with E-state index in [1.165, 1.54) is 12.1 Å². The SMILES string of the molecule is CCC(=O)N(Cc1cccc(F)c1)C[C@H]1CC(c2ccc(OC)cc2)=NO1. The van der Waals surface area contributed by atoms with Gasteiger partial charge in [0.05, 0.1) is 19.4 Å². The molecule has 0 saturated carbocycles. The molecule has 2 aromatic carbocycles. The van der Waals surface area contributed by atoms with Crippen LogP contribution in [0.1, 0.15) is 30.9 Å². The fourth-order valence-electron chi connectivity index (χ4n) is 3.06. The van der Waals surface area contributed by atoms with Gasteiger partial charge in [-0.05, 0) is 47.5 Å². The maximum Gasteiger partial charge on any atom is 0.222 e. The molecule has 142 valence electrons. The van der Waals surface area contributed by atoms with Gasteiger partial charge in [0.2, 0.25) is 5.91 Å². The predicted octanol–water partition coefficient (Wildman–Crippen LogP) is 3.77. The summed E-state index contributed by atoms with van der Waals surface area (Å²) in [4.78, 5) is 19.6. The van der Waals surface area contributed by atoms with Gasteiger partial charge in [0.1, 0.15) is 11.6 Å². The van der Waals surface area contributed by atoms with Gasteiger partial charge in [-0.15, -0.1) is 0 Å². The van der Waals surface area contributed by atoms with Crippen LogP contribution in [0.4, 0.5) is 4.39 Å². The maximum atomic E-state index is 13.4. The first kappa shape index (κ1) is 18.9. The zero-order valence-electron chi connectivity index (χ0n) is 15.5. The molecule has 1 amide bonds. The van der Waals surface area contributed by atoms with Crippen LogP contribution in [0.2, 0.25) is 0 Å². The average molecular weight is 370 g/mol. The highest BCUT2D eigenvalue weighted by atomic mass is 19.1. The topological polar surface area (TPSA) is 51.1 Å². The first-order chi connectivity index (χ1) is 13.1. The Morgan fingerprint density at radius 3 is 2.74 bits per heavy atom. The molecular formula is C21H23FN2O3. The van der Waals surface area contributed by atoms with Crippen LogP contribution in [0.5, 0.6) is 5.75 Å². The van der Waals surface area contributed by atoms with Crippen LogP contribution in [0.25, 0.3) is 0 Å². The summed E-state index contributed by atoms with van der Waals surface area (Å²) in [6, 6.07) is 13.9. The van der Waals surface area contributed by atoms with Crippen molar-refractivity contribution >= 4 is 11.6 Å². The van der Waals surface area contributed by atoms with Gasteiger partial charge in [-0.3, -0.25) is 4.79 Å². The monoisotopic (exact) mass is 370 g/mol. The Morgan fingerprint density at radius 2 is 2.07 bits per heavy atom. The molecule has 0 radical (unpaired) electrons. The molecule has 1 heterocycles. The van der Waals surface area contributed by atoms with Crippen LogP contribution in [0.15, 0.2) is 53.7 Å². The van der Waals surface area contributed by atoms with Gasteiger partial charge in [0.25, 0.3) is 0 Å². The van der Waals surface area contributed by atoms with E-state index in [1.807, 2.05) is 37.3 Å². The zero-order chi connectivity index (χ0) is 19.2. The standard InChI is InChI=1S/C21H23FN2O3/c1-3-21(25)24(13-15-5-4-6-17(22)11-15)14-19-12-20(23-27-19)16-7-9-18(26-2)10-8-16/h4-11,19H,3,12-14H2,1-2H3/t19-/m1/s1. The quantitative estimate of drug-likeness (QED) is 0.746. The molecule has 0 fully saturated rings. The summed E-state index contributed by atoms with van der Waals surface area (Å²) < 4.78 is 18.6. The van der Waals surface area contributed by atoms with Crippen molar-refractivity contribution in [2.45, 2.75) is 32.4 Å². The Labute approximate surface area is 158 Å². The Balaban J connectivity index is 1.64. The van der Waals surface area contributed by atoms with Crippen molar-refractivity contribution in [1.29, 1.82) is 0 Å². The number of hydrogen-bond acceptors (Lipinski definition) is 4. The lowest BCUT2D eigenvalue weighted by atomic mass is 10.0. The van der Waals surface area contributed by atoms with Crippen molar-refractivity contribution in [2.24, 2.45) is 5.16 Å². The molecule has 0 saturated heterocycles. The summed E-state index contributed by atoms with van der Waals surface area (Å²) >= 11 is 0. The molecular weight excluding hydrogens is 347 g/mol. The van der Waals surface area contributed by atoms with Gasteiger partial charge in [0, 0.05) is 19.4 Å². The number of carbonyl (C=O) groups is 1. The van der Waals surface area contributed by atoms with Crippen molar-refractivity contribution in [1.82, 2.24) is 4.90 Å². The van der Waals surface area contributed by atoms with Crippen LogP contribution in [-0.2, 0) is 16.2 Å². The lowest BCUT2D eigenvalue weighted by Crippen LogP contribution is -2.36. The van der Waals surface area contributed by atoms with Gasteiger partial charge in [-0.1, -0.05) is 24.2 Å². The number of benzene rings is 2. The lowest BCUT2D eigenvalue weighted by molar-refractivity contribution is -0.133. The van der Waals surface area contributed by atoms with Crippen molar-refractivity contribution < 1.29 is 18.8 Å². The smallest absolute Gasteiger partial charge is 0.222 e. The van der Waals surface area contributed by atoms with Crippen LogP contribution < -0.4 is 4.74 Å². The molecule has 0 bridgehead atoms. The summed E-state index contributed by atoms with van der Waals surface area (Å²) in [6.07, 6.45) is 0.781. The van der Waals surface area contributed by atoms with Crippen LogP contribution in [0.3, 0.4) is 0 Å². The molecule has 5 nitrogen and oxygen atoms in total. The van der Waals surface area contributed by atoms with Crippen LogP contribution >= 0.6 is 0 Å². The van der Waals surface area contributed by atoms with Gasteiger partial charge >= 0.3 is 0 Å². The maximum absolute atomic E-state index is 13.4. The molecule has 0 unspecified atom stereocenters. The largest absolute Gasteiger partial charge is 0.497 e. The third kappa shape index (κ3) is 4.84. The number of hydrogen-bond donors (Lipinski definition) is 0. The van der Waals surface area contributed by atoms with E-state index in [4.69, 9.17) is 9.57 Å². The predicted molar refractivity (Wildman–Crippen MR) is 101 cm³/mol. The Kier molecular flexibility index (Phi) is 6.06. The van der Waals surface area contributed by atoms with Crippen molar-refractivity contribution in [3.63, 3.8) is 0 Å². The normalized spacial score (nSPS) is 15.8. The van der Waals surface area contributed by atoms with Crippen molar-refractivity contribution in [3.8, 4) is 5.75 Å². The molecule has 27 heavy (non-hydrogen) atoms. The Hall–Kier alpha value is -2.89. The fraction of sp³-hybridized carbons (Fsp3) is 0.333. The first-order valence-electron chi connectivity index (χ1n) is 8.98. The summed E-state index contributed by atoms with van der Waals surface area (Å²) in [6.45, 7) is 2.57. The number of rotatable bonds is 7. The van der Waals surface area contributed by atoms with Gasteiger partial charge in [0.15, 0.2) is 6.10 Å². The van der Waals surface area contributed by atoms with Crippen molar-refractivity contribution in [3.05, 3.63) is 65.5 Å². The summed E-state index contributed by atoms with van der Waals surface area (Å²) in [5.74, 6) is 0.476. The van der Waals surface area contributed by atoms with E-state index in [0.717, 1.165) is 22.6 Å². The van der Waals surface area contributed by atoms with E-state index in [0.29, 0.717) is 25.9 Å². The number of carbonyl (C=O) groups excluding carboxylic acids is 1. The minimum Gasteiger partial charge on any atom is -0.497 e. The number of methoxy groups -OCH3 is 1. The van der Waals surface area contributed by atoms with E-state index in [9.17, 15) is 9.18 Å². The molecule has 1 aliphatic heterocycles. The summed E-state index contributed by atoms with van der Waals surface area (Å²) in [5, 5.41) is 4.18. The highest BCUT2D eigenvalue weighted by molar-refractivity contribution is 6.01. The molecule has 3 rings (SSSR count).